The minimum absolute atomic E-state index is 0.0526. The fraction of sp³-hybridized carbons (Fsp3) is 0.704. The van der Waals surface area contributed by atoms with Gasteiger partial charge in [-0.2, -0.15) is 0 Å². The zero-order valence-electron chi connectivity index (χ0n) is 19.7. The van der Waals surface area contributed by atoms with Crippen LogP contribution >= 0.6 is 0 Å². The molecule has 1 rings (SSSR count). The van der Waals surface area contributed by atoms with Gasteiger partial charge in [0.25, 0.3) is 0 Å². The SMILES string of the molecule is CCCCCCCCCCCOC(=O)CCCCCCCCC(=O)Oc1ccccc1. The lowest BCUT2D eigenvalue weighted by Gasteiger charge is -2.06. The van der Waals surface area contributed by atoms with Crippen molar-refractivity contribution in [1.82, 2.24) is 0 Å². The zero-order valence-corrected chi connectivity index (χ0v) is 19.7. The number of rotatable bonds is 20. The van der Waals surface area contributed by atoms with Gasteiger partial charge in [0.1, 0.15) is 5.75 Å². The number of hydrogen-bond donors (Lipinski definition) is 0. The topological polar surface area (TPSA) is 52.6 Å². The first-order chi connectivity index (χ1) is 15.2. The standard InChI is InChI=1S/C27H44O4/c1-2-3-4-5-6-7-10-13-19-24-30-26(28)22-17-11-8-9-12-18-23-27(29)31-25-20-15-14-16-21-25/h14-16,20-21H,2-13,17-19,22-24H2,1H3. The molecule has 4 nitrogen and oxygen atoms in total. The Balaban J connectivity index is 1.80. The molecule has 0 N–H and O–H groups in total. The van der Waals surface area contributed by atoms with Gasteiger partial charge >= 0.3 is 11.9 Å². The molecule has 0 saturated carbocycles. The molecule has 1 aromatic rings. The number of unbranched alkanes of at least 4 members (excludes halogenated alkanes) is 13. The van der Waals surface area contributed by atoms with E-state index in [2.05, 4.69) is 6.92 Å². The first-order valence-electron chi connectivity index (χ1n) is 12.6. The van der Waals surface area contributed by atoms with Gasteiger partial charge in [0.05, 0.1) is 6.61 Å². The summed E-state index contributed by atoms with van der Waals surface area (Å²) in [5.41, 5.74) is 0. The molecule has 0 aliphatic rings. The Morgan fingerprint density at radius 2 is 1.10 bits per heavy atom. The van der Waals surface area contributed by atoms with Crippen molar-refractivity contribution in [2.75, 3.05) is 6.61 Å². The predicted molar refractivity (Wildman–Crippen MR) is 127 cm³/mol. The van der Waals surface area contributed by atoms with E-state index < -0.39 is 0 Å². The highest BCUT2D eigenvalue weighted by Gasteiger charge is 2.05. The molecule has 0 aliphatic heterocycles. The molecule has 0 aromatic heterocycles. The third kappa shape index (κ3) is 17.5. The van der Waals surface area contributed by atoms with Crippen molar-refractivity contribution in [3.63, 3.8) is 0 Å². The quantitative estimate of drug-likeness (QED) is 0.120. The molecule has 1 aromatic carbocycles. The second-order valence-electron chi connectivity index (χ2n) is 8.46. The van der Waals surface area contributed by atoms with E-state index in [-0.39, 0.29) is 11.9 Å². The van der Waals surface area contributed by atoms with Crippen molar-refractivity contribution >= 4 is 11.9 Å². The average Bonchev–Trinajstić information content (AvgIpc) is 2.77. The summed E-state index contributed by atoms with van der Waals surface area (Å²) in [6.45, 7) is 2.82. The van der Waals surface area contributed by atoms with Crippen LogP contribution in [0, 0.1) is 0 Å². The monoisotopic (exact) mass is 432 g/mol. The lowest BCUT2D eigenvalue weighted by molar-refractivity contribution is -0.144. The lowest BCUT2D eigenvalue weighted by atomic mass is 10.1. The van der Waals surface area contributed by atoms with Gasteiger partial charge in [-0.25, -0.2) is 0 Å². The molecule has 0 saturated heterocycles. The van der Waals surface area contributed by atoms with E-state index in [0.29, 0.717) is 25.2 Å². The van der Waals surface area contributed by atoms with Gasteiger partial charge in [0.2, 0.25) is 0 Å². The molecule has 31 heavy (non-hydrogen) atoms. The lowest BCUT2D eigenvalue weighted by Crippen LogP contribution is -2.07. The molecule has 0 spiro atoms. The molecule has 0 heterocycles. The first kappa shape index (κ1) is 27.2. The Morgan fingerprint density at radius 3 is 1.68 bits per heavy atom. The smallest absolute Gasteiger partial charge is 0.311 e. The number of carbonyl (C=O) groups is 2. The molecule has 0 bridgehead atoms. The van der Waals surface area contributed by atoms with Crippen LogP contribution in [-0.2, 0) is 14.3 Å². The number of para-hydroxylation sites is 1. The number of ether oxygens (including phenoxy) is 2. The molecule has 0 atom stereocenters. The van der Waals surface area contributed by atoms with Gasteiger partial charge in [-0.15, -0.1) is 0 Å². The van der Waals surface area contributed by atoms with Crippen LogP contribution < -0.4 is 4.74 Å². The number of hydrogen-bond acceptors (Lipinski definition) is 4. The minimum atomic E-state index is -0.166. The van der Waals surface area contributed by atoms with Crippen LogP contribution in [0.1, 0.15) is 116 Å². The van der Waals surface area contributed by atoms with Gasteiger partial charge in [-0.3, -0.25) is 9.59 Å². The molecule has 0 fully saturated rings. The highest BCUT2D eigenvalue weighted by Crippen LogP contribution is 2.13. The van der Waals surface area contributed by atoms with Crippen molar-refractivity contribution < 1.29 is 19.1 Å². The van der Waals surface area contributed by atoms with Crippen LogP contribution in [0.15, 0.2) is 30.3 Å². The molecule has 0 radical (unpaired) electrons. The number of esters is 2. The summed E-state index contributed by atoms with van der Waals surface area (Å²) in [5.74, 6) is 0.390. The number of carbonyl (C=O) groups excluding carboxylic acids is 2. The molecular formula is C27H44O4. The van der Waals surface area contributed by atoms with E-state index in [4.69, 9.17) is 9.47 Å². The van der Waals surface area contributed by atoms with E-state index in [1.54, 1.807) is 12.1 Å². The van der Waals surface area contributed by atoms with Crippen LogP contribution in [0.4, 0.5) is 0 Å². The summed E-state index contributed by atoms with van der Waals surface area (Å²) in [6, 6.07) is 9.19. The van der Waals surface area contributed by atoms with E-state index in [1.807, 2.05) is 18.2 Å². The van der Waals surface area contributed by atoms with Gasteiger partial charge in [-0.1, -0.05) is 102 Å². The largest absolute Gasteiger partial charge is 0.466 e. The summed E-state index contributed by atoms with van der Waals surface area (Å²) >= 11 is 0. The maximum atomic E-state index is 11.8. The summed E-state index contributed by atoms with van der Waals surface area (Å²) in [7, 11) is 0. The maximum absolute atomic E-state index is 11.8. The maximum Gasteiger partial charge on any atom is 0.311 e. The van der Waals surface area contributed by atoms with E-state index in [1.165, 1.54) is 51.4 Å². The van der Waals surface area contributed by atoms with Crippen LogP contribution in [-0.4, -0.2) is 18.5 Å². The molecule has 0 unspecified atom stereocenters. The fourth-order valence-electron chi connectivity index (χ4n) is 3.59. The van der Waals surface area contributed by atoms with Gasteiger partial charge in [0.15, 0.2) is 0 Å². The van der Waals surface area contributed by atoms with Crippen LogP contribution in [0.2, 0.25) is 0 Å². The predicted octanol–water partition coefficient (Wildman–Crippen LogP) is 7.79. The molecule has 4 heteroatoms. The van der Waals surface area contributed by atoms with Gasteiger partial charge < -0.3 is 9.47 Å². The second-order valence-corrected chi connectivity index (χ2v) is 8.46. The highest BCUT2D eigenvalue weighted by atomic mass is 16.5. The van der Waals surface area contributed by atoms with Crippen molar-refractivity contribution in [2.24, 2.45) is 0 Å². The average molecular weight is 433 g/mol. The Kier molecular flexibility index (Phi) is 17.6. The Labute approximate surface area is 190 Å². The summed E-state index contributed by atoms with van der Waals surface area (Å²) in [4.78, 5) is 23.5. The summed E-state index contributed by atoms with van der Waals surface area (Å²) in [5, 5.41) is 0. The third-order valence-electron chi connectivity index (χ3n) is 5.50. The summed E-state index contributed by atoms with van der Waals surface area (Å²) in [6.07, 6.45) is 18.5. The van der Waals surface area contributed by atoms with Gasteiger partial charge in [-0.05, 0) is 31.4 Å². The van der Waals surface area contributed by atoms with E-state index in [0.717, 1.165) is 44.9 Å². The van der Waals surface area contributed by atoms with E-state index in [9.17, 15) is 9.59 Å². The summed E-state index contributed by atoms with van der Waals surface area (Å²) < 4.78 is 10.6. The van der Waals surface area contributed by atoms with Crippen molar-refractivity contribution in [3.8, 4) is 5.75 Å². The van der Waals surface area contributed by atoms with Crippen molar-refractivity contribution in [2.45, 2.75) is 116 Å². The van der Waals surface area contributed by atoms with Crippen molar-refractivity contribution in [1.29, 1.82) is 0 Å². The molecule has 176 valence electrons. The fourth-order valence-corrected chi connectivity index (χ4v) is 3.59. The third-order valence-corrected chi connectivity index (χ3v) is 5.50. The first-order valence-corrected chi connectivity index (χ1v) is 12.6. The van der Waals surface area contributed by atoms with Crippen LogP contribution in [0.25, 0.3) is 0 Å². The Morgan fingerprint density at radius 1 is 0.613 bits per heavy atom. The minimum Gasteiger partial charge on any atom is -0.466 e. The van der Waals surface area contributed by atoms with E-state index >= 15 is 0 Å². The molecule has 0 amide bonds. The van der Waals surface area contributed by atoms with Crippen LogP contribution in [0.3, 0.4) is 0 Å². The van der Waals surface area contributed by atoms with Crippen LogP contribution in [0.5, 0.6) is 5.75 Å². The second kappa shape index (κ2) is 20.1. The molecular weight excluding hydrogens is 388 g/mol. The van der Waals surface area contributed by atoms with Gasteiger partial charge in [0, 0.05) is 12.8 Å². The molecule has 0 aliphatic carbocycles. The van der Waals surface area contributed by atoms with Crippen molar-refractivity contribution in [3.05, 3.63) is 30.3 Å². The zero-order chi connectivity index (χ0) is 22.4. The Bertz CT molecular complexity index is 556. The number of benzene rings is 1. The normalized spacial score (nSPS) is 10.7. The highest BCUT2D eigenvalue weighted by molar-refractivity contribution is 5.72. The Hall–Kier alpha value is -1.84.